The van der Waals surface area contributed by atoms with Crippen molar-refractivity contribution >= 4 is 49.4 Å². The molecule has 36 heavy (non-hydrogen) atoms. The Morgan fingerprint density at radius 3 is 2.03 bits per heavy atom. The van der Waals surface area contributed by atoms with Crippen LogP contribution in [0, 0.1) is 6.92 Å². The molecule has 8 rings (SSSR count). The van der Waals surface area contributed by atoms with Crippen molar-refractivity contribution in [2.75, 3.05) is 0 Å². The lowest BCUT2D eigenvalue weighted by Crippen LogP contribution is -1.95. The summed E-state index contributed by atoms with van der Waals surface area (Å²) in [5.41, 5.74) is 10.9. The van der Waals surface area contributed by atoms with Crippen molar-refractivity contribution in [1.29, 1.82) is 0 Å². The highest BCUT2D eigenvalue weighted by molar-refractivity contribution is 6.19. The first-order valence-electron chi connectivity index (χ1n) is 12.4. The first kappa shape index (κ1) is 19.5. The largest absolute Gasteiger partial charge is 0.307 e. The fourth-order valence-corrected chi connectivity index (χ4v) is 5.98. The second kappa shape index (κ2) is 7.12. The molecule has 170 valence electrons. The third-order valence-corrected chi connectivity index (χ3v) is 7.45. The summed E-state index contributed by atoms with van der Waals surface area (Å²) in [4.78, 5) is 0. The molecule has 3 heterocycles. The molecule has 3 aromatic heterocycles. The number of hydrogen-bond acceptors (Lipinski definition) is 0. The van der Waals surface area contributed by atoms with E-state index < -0.39 is 0 Å². The standard InChI is InChI=1S/C33H23N3/c1-22-10-9-13-25(20-22)34-29-16-7-8-17-30(29)36-31(34)21-23-18-19-27-26-14-5-6-15-28(26)35(33(27)32(23)36)24-11-3-2-4-12-24/h2-21H,1H3. The van der Waals surface area contributed by atoms with Crippen molar-refractivity contribution in [1.82, 2.24) is 13.5 Å². The molecule has 0 aliphatic rings. The van der Waals surface area contributed by atoms with Gasteiger partial charge in [-0.3, -0.25) is 8.97 Å². The fraction of sp³-hybridized carbons (Fsp3) is 0.0303. The summed E-state index contributed by atoms with van der Waals surface area (Å²) in [5.74, 6) is 0. The Balaban J connectivity index is 1.64. The first-order valence-corrected chi connectivity index (χ1v) is 12.4. The number of benzene rings is 5. The van der Waals surface area contributed by atoms with Gasteiger partial charge in [0.2, 0.25) is 0 Å². The van der Waals surface area contributed by atoms with E-state index in [1.807, 2.05) is 0 Å². The van der Waals surface area contributed by atoms with Gasteiger partial charge >= 0.3 is 0 Å². The Morgan fingerprint density at radius 1 is 0.472 bits per heavy atom. The second-order valence-corrected chi connectivity index (χ2v) is 9.59. The van der Waals surface area contributed by atoms with Crippen molar-refractivity contribution in [2.24, 2.45) is 0 Å². The van der Waals surface area contributed by atoms with Crippen LogP contribution in [0.2, 0.25) is 0 Å². The number of para-hydroxylation sites is 4. The maximum absolute atomic E-state index is 2.45. The number of nitrogens with zero attached hydrogens (tertiary/aromatic N) is 3. The summed E-state index contributed by atoms with van der Waals surface area (Å²) < 4.78 is 7.27. The van der Waals surface area contributed by atoms with E-state index in [1.165, 1.54) is 66.3 Å². The van der Waals surface area contributed by atoms with Crippen LogP contribution in [0.5, 0.6) is 0 Å². The molecule has 3 nitrogen and oxygen atoms in total. The Hall–Kier alpha value is -4.76. The van der Waals surface area contributed by atoms with E-state index in [2.05, 4.69) is 142 Å². The first-order chi connectivity index (χ1) is 17.8. The van der Waals surface area contributed by atoms with Crippen LogP contribution in [0.3, 0.4) is 0 Å². The summed E-state index contributed by atoms with van der Waals surface area (Å²) in [6.07, 6.45) is 0. The molecular formula is C33H23N3. The number of rotatable bonds is 2. The zero-order valence-corrected chi connectivity index (χ0v) is 19.9. The van der Waals surface area contributed by atoms with Gasteiger partial charge in [-0.15, -0.1) is 0 Å². The van der Waals surface area contributed by atoms with Crippen molar-refractivity contribution < 1.29 is 0 Å². The van der Waals surface area contributed by atoms with Gasteiger partial charge in [0.15, 0.2) is 0 Å². The molecular weight excluding hydrogens is 438 g/mol. The van der Waals surface area contributed by atoms with Gasteiger partial charge < -0.3 is 4.57 Å². The number of aromatic nitrogens is 3. The predicted octanol–water partition coefficient (Wildman–Crippen LogP) is 8.44. The maximum atomic E-state index is 2.45. The normalized spacial score (nSPS) is 12.0. The summed E-state index contributed by atoms with van der Waals surface area (Å²) >= 11 is 0. The topological polar surface area (TPSA) is 14.3 Å². The minimum Gasteiger partial charge on any atom is -0.307 e. The average Bonchev–Trinajstić information content (AvgIpc) is 3.55. The molecule has 0 saturated carbocycles. The van der Waals surface area contributed by atoms with E-state index in [-0.39, 0.29) is 0 Å². The summed E-state index contributed by atoms with van der Waals surface area (Å²) in [6.45, 7) is 2.16. The van der Waals surface area contributed by atoms with Gasteiger partial charge in [0.1, 0.15) is 5.65 Å². The van der Waals surface area contributed by atoms with Crippen LogP contribution in [-0.2, 0) is 0 Å². The molecule has 8 aromatic rings. The Kier molecular flexibility index (Phi) is 3.87. The average molecular weight is 462 g/mol. The zero-order valence-electron chi connectivity index (χ0n) is 19.9. The number of fused-ring (bicyclic) bond motifs is 9. The molecule has 0 spiro atoms. The van der Waals surface area contributed by atoms with E-state index in [0.29, 0.717) is 0 Å². The molecule has 0 radical (unpaired) electrons. The smallest absolute Gasteiger partial charge is 0.123 e. The minimum absolute atomic E-state index is 1.17. The van der Waals surface area contributed by atoms with Crippen molar-refractivity contribution in [3.63, 3.8) is 0 Å². The number of imidazole rings is 1. The molecule has 3 heteroatoms. The Morgan fingerprint density at radius 2 is 1.19 bits per heavy atom. The minimum atomic E-state index is 1.17. The van der Waals surface area contributed by atoms with E-state index in [9.17, 15) is 0 Å². The van der Waals surface area contributed by atoms with Gasteiger partial charge in [0, 0.05) is 27.5 Å². The fourth-order valence-electron chi connectivity index (χ4n) is 5.98. The maximum Gasteiger partial charge on any atom is 0.123 e. The lowest BCUT2D eigenvalue weighted by Gasteiger charge is -2.09. The summed E-state index contributed by atoms with van der Waals surface area (Å²) in [7, 11) is 0. The Labute approximate surface area is 208 Å². The van der Waals surface area contributed by atoms with Crippen molar-refractivity contribution in [2.45, 2.75) is 6.92 Å². The van der Waals surface area contributed by atoms with Gasteiger partial charge in [-0.05, 0) is 61.0 Å². The quantitative estimate of drug-likeness (QED) is 0.245. The summed E-state index contributed by atoms with van der Waals surface area (Å²) in [5, 5.41) is 3.79. The van der Waals surface area contributed by atoms with Crippen LogP contribution in [-0.4, -0.2) is 13.5 Å². The van der Waals surface area contributed by atoms with Crippen LogP contribution >= 0.6 is 0 Å². The van der Waals surface area contributed by atoms with Gasteiger partial charge in [-0.25, -0.2) is 0 Å². The highest BCUT2D eigenvalue weighted by Crippen LogP contribution is 2.40. The Bertz CT molecular complexity index is 2100. The van der Waals surface area contributed by atoms with E-state index in [1.54, 1.807) is 0 Å². The molecule has 5 aromatic carbocycles. The van der Waals surface area contributed by atoms with Gasteiger partial charge in [-0.1, -0.05) is 72.8 Å². The van der Waals surface area contributed by atoms with E-state index in [0.717, 1.165) is 0 Å². The van der Waals surface area contributed by atoms with Crippen molar-refractivity contribution in [3.05, 3.63) is 127 Å². The SMILES string of the molecule is Cc1cccc(-n2c3ccccc3n3c4c(ccc5c6ccccc6n(-c6ccccc6)c54)cc23)c1. The lowest BCUT2D eigenvalue weighted by atomic mass is 10.1. The third-order valence-electron chi connectivity index (χ3n) is 7.45. The van der Waals surface area contributed by atoms with Gasteiger partial charge in [-0.2, -0.15) is 0 Å². The monoisotopic (exact) mass is 461 g/mol. The molecule has 0 bridgehead atoms. The molecule has 0 unspecified atom stereocenters. The van der Waals surface area contributed by atoms with Gasteiger partial charge in [0.05, 0.1) is 27.6 Å². The number of hydrogen-bond donors (Lipinski definition) is 0. The zero-order chi connectivity index (χ0) is 23.8. The van der Waals surface area contributed by atoms with Crippen LogP contribution in [0.1, 0.15) is 5.56 Å². The highest BCUT2D eigenvalue weighted by Gasteiger charge is 2.21. The van der Waals surface area contributed by atoms with Crippen LogP contribution in [0.25, 0.3) is 60.8 Å². The molecule has 0 aliphatic heterocycles. The van der Waals surface area contributed by atoms with Crippen LogP contribution in [0.15, 0.2) is 121 Å². The summed E-state index contributed by atoms with van der Waals surface area (Å²) in [6, 6.07) is 43.9. The van der Waals surface area contributed by atoms with E-state index >= 15 is 0 Å². The molecule has 0 aliphatic carbocycles. The number of aryl methyl sites for hydroxylation is 1. The highest BCUT2D eigenvalue weighted by atomic mass is 15.1. The van der Waals surface area contributed by atoms with E-state index in [4.69, 9.17) is 0 Å². The lowest BCUT2D eigenvalue weighted by molar-refractivity contribution is 1.14. The third kappa shape index (κ3) is 2.52. The molecule has 0 N–H and O–H groups in total. The van der Waals surface area contributed by atoms with Gasteiger partial charge in [0.25, 0.3) is 0 Å². The molecule has 0 fully saturated rings. The predicted molar refractivity (Wildman–Crippen MR) is 151 cm³/mol. The van der Waals surface area contributed by atoms with Crippen LogP contribution < -0.4 is 0 Å². The molecule has 0 saturated heterocycles. The molecule has 0 amide bonds. The molecule has 0 atom stereocenters. The van der Waals surface area contributed by atoms with Crippen molar-refractivity contribution in [3.8, 4) is 11.4 Å². The van der Waals surface area contributed by atoms with Crippen LogP contribution in [0.4, 0.5) is 0 Å². The second-order valence-electron chi connectivity index (χ2n) is 9.59.